The molecule has 5 heteroatoms. The van der Waals surface area contributed by atoms with Crippen LogP contribution in [0.15, 0.2) is 18.2 Å². The fourth-order valence-electron chi connectivity index (χ4n) is 4.12. The highest BCUT2D eigenvalue weighted by Crippen LogP contribution is 2.49. The summed E-state index contributed by atoms with van der Waals surface area (Å²) < 4.78 is 6.04. The molecule has 2 atom stereocenters. The number of likely N-dealkylation sites (tertiary alicyclic amines) is 1. The number of urea groups is 1. The summed E-state index contributed by atoms with van der Waals surface area (Å²) in [6.07, 6.45) is 3.63. The van der Waals surface area contributed by atoms with Gasteiger partial charge in [-0.05, 0) is 37.8 Å². The van der Waals surface area contributed by atoms with E-state index in [1.807, 2.05) is 44.1 Å². The van der Waals surface area contributed by atoms with Crippen molar-refractivity contribution in [1.29, 1.82) is 0 Å². The number of fused-ring (bicyclic) bond motifs is 1. The molecule has 2 amide bonds. The summed E-state index contributed by atoms with van der Waals surface area (Å²) in [5.41, 5.74) is 2.15. The molecule has 1 aromatic heterocycles. The summed E-state index contributed by atoms with van der Waals surface area (Å²) >= 11 is 0. The van der Waals surface area contributed by atoms with Crippen LogP contribution in [0, 0.1) is 18.3 Å². The van der Waals surface area contributed by atoms with E-state index in [4.69, 9.17) is 4.74 Å². The van der Waals surface area contributed by atoms with Crippen LogP contribution in [0.1, 0.15) is 30.7 Å². The summed E-state index contributed by atoms with van der Waals surface area (Å²) in [5, 5.41) is 0. The molecule has 2 heterocycles. The molecule has 0 bridgehead atoms. The topological polar surface area (TPSA) is 45.7 Å². The predicted octanol–water partition coefficient (Wildman–Crippen LogP) is 2.69. The molecule has 1 saturated heterocycles. The van der Waals surface area contributed by atoms with E-state index in [1.165, 1.54) is 12.8 Å². The third-order valence-electron chi connectivity index (χ3n) is 5.28. The molecule has 1 aliphatic heterocycles. The number of amides is 2. The van der Waals surface area contributed by atoms with E-state index in [0.717, 1.165) is 37.5 Å². The van der Waals surface area contributed by atoms with Crippen LogP contribution in [0.5, 0.6) is 0 Å². The van der Waals surface area contributed by atoms with Crippen molar-refractivity contribution in [2.24, 2.45) is 11.3 Å². The van der Waals surface area contributed by atoms with Gasteiger partial charge in [-0.1, -0.05) is 12.5 Å². The molecule has 3 rings (SSSR count). The second-order valence-corrected chi connectivity index (χ2v) is 7.27. The normalized spacial score (nSPS) is 26.4. The number of ether oxygens (including phenoxy) is 1. The minimum Gasteiger partial charge on any atom is -0.375 e. The zero-order chi connectivity index (χ0) is 16.4. The maximum atomic E-state index is 12.3. The number of pyridine rings is 1. The quantitative estimate of drug-likeness (QED) is 0.858. The van der Waals surface area contributed by atoms with Gasteiger partial charge in [0.05, 0.1) is 18.9 Å². The predicted molar refractivity (Wildman–Crippen MR) is 89.1 cm³/mol. The second-order valence-electron chi connectivity index (χ2n) is 7.27. The number of hydrogen-bond acceptors (Lipinski definition) is 3. The van der Waals surface area contributed by atoms with Crippen LogP contribution in [-0.2, 0) is 11.3 Å². The summed E-state index contributed by atoms with van der Waals surface area (Å²) in [5.74, 6) is 0.580. The van der Waals surface area contributed by atoms with Gasteiger partial charge >= 0.3 is 6.03 Å². The summed E-state index contributed by atoms with van der Waals surface area (Å²) in [6.45, 7) is 4.98. The molecule has 2 aliphatic rings. The third-order valence-corrected chi connectivity index (χ3v) is 5.28. The molecule has 1 aromatic rings. The maximum Gasteiger partial charge on any atom is 0.319 e. The minimum absolute atomic E-state index is 0.124. The van der Waals surface area contributed by atoms with Gasteiger partial charge in [-0.2, -0.15) is 0 Å². The van der Waals surface area contributed by atoms with E-state index >= 15 is 0 Å². The maximum absolute atomic E-state index is 12.3. The van der Waals surface area contributed by atoms with Gasteiger partial charge in [0.2, 0.25) is 0 Å². The van der Waals surface area contributed by atoms with Gasteiger partial charge in [0.15, 0.2) is 0 Å². The van der Waals surface area contributed by atoms with Gasteiger partial charge in [0.1, 0.15) is 0 Å². The van der Waals surface area contributed by atoms with Gasteiger partial charge in [-0.3, -0.25) is 4.98 Å². The first kappa shape index (κ1) is 16.2. The van der Waals surface area contributed by atoms with Crippen molar-refractivity contribution < 1.29 is 9.53 Å². The number of aromatic nitrogens is 1. The zero-order valence-corrected chi connectivity index (χ0v) is 14.4. The van der Waals surface area contributed by atoms with E-state index in [0.29, 0.717) is 12.5 Å². The highest BCUT2D eigenvalue weighted by Gasteiger charge is 2.50. The zero-order valence-electron chi connectivity index (χ0n) is 14.4. The number of carbonyl (C=O) groups is 1. The third kappa shape index (κ3) is 3.34. The van der Waals surface area contributed by atoms with Gasteiger partial charge in [-0.25, -0.2) is 4.79 Å². The lowest BCUT2D eigenvalue weighted by molar-refractivity contribution is 0.0263. The Labute approximate surface area is 138 Å². The number of rotatable bonds is 4. The summed E-state index contributed by atoms with van der Waals surface area (Å²) in [7, 11) is 3.64. The van der Waals surface area contributed by atoms with E-state index in [1.54, 1.807) is 4.90 Å². The number of hydrogen-bond donors (Lipinski definition) is 0. The lowest BCUT2D eigenvalue weighted by Gasteiger charge is -2.29. The van der Waals surface area contributed by atoms with E-state index in [9.17, 15) is 4.79 Å². The van der Waals surface area contributed by atoms with Crippen molar-refractivity contribution in [3.63, 3.8) is 0 Å². The van der Waals surface area contributed by atoms with E-state index in [2.05, 4.69) is 4.98 Å². The lowest BCUT2D eigenvalue weighted by Crippen LogP contribution is -2.40. The van der Waals surface area contributed by atoms with Crippen LogP contribution in [0.3, 0.4) is 0 Å². The van der Waals surface area contributed by atoms with Crippen molar-refractivity contribution in [3.8, 4) is 0 Å². The van der Waals surface area contributed by atoms with Crippen LogP contribution >= 0.6 is 0 Å². The Morgan fingerprint density at radius 2 is 2.30 bits per heavy atom. The van der Waals surface area contributed by atoms with Crippen molar-refractivity contribution in [2.75, 3.05) is 33.8 Å². The molecule has 0 unspecified atom stereocenters. The highest BCUT2D eigenvalue weighted by atomic mass is 16.5. The average Bonchev–Trinajstić information content (AvgIpc) is 3.03. The van der Waals surface area contributed by atoms with Gasteiger partial charge < -0.3 is 14.5 Å². The van der Waals surface area contributed by atoms with Crippen LogP contribution in [0.2, 0.25) is 0 Å². The van der Waals surface area contributed by atoms with Crippen LogP contribution < -0.4 is 0 Å². The fourth-order valence-corrected chi connectivity index (χ4v) is 4.12. The Morgan fingerprint density at radius 3 is 3.04 bits per heavy atom. The van der Waals surface area contributed by atoms with E-state index < -0.39 is 0 Å². The lowest BCUT2D eigenvalue weighted by atomic mass is 9.81. The van der Waals surface area contributed by atoms with Crippen LogP contribution in [0.4, 0.5) is 4.79 Å². The molecule has 0 aromatic carbocycles. The monoisotopic (exact) mass is 317 g/mol. The number of nitrogens with zero attached hydrogens (tertiary/aromatic N) is 3. The Kier molecular flexibility index (Phi) is 4.57. The van der Waals surface area contributed by atoms with Gasteiger partial charge in [0, 0.05) is 38.3 Å². The first-order valence-electron chi connectivity index (χ1n) is 8.47. The van der Waals surface area contributed by atoms with Crippen molar-refractivity contribution >= 4 is 6.03 Å². The molecule has 2 fully saturated rings. The van der Waals surface area contributed by atoms with Crippen molar-refractivity contribution in [1.82, 2.24) is 14.8 Å². The minimum atomic E-state index is 0.124. The Balaban J connectivity index is 1.60. The van der Waals surface area contributed by atoms with Gasteiger partial charge in [0.25, 0.3) is 0 Å². The number of carbonyl (C=O) groups excluding carboxylic acids is 1. The molecule has 126 valence electrons. The van der Waals surface area contributed by atoms with Crippen LogP contribution in [-0.4, -0.2) is 54.6 Å². The number of aryl methyl sites for hydroxylation is 1. The molecule has 0 spiro atoms. The van der Waals surface area contributed by atoms with Crippen molar-refractivity contribution in [2.45, 2.75) is 32.8 Å². The SMILES string of the molecule is Cc1cccc(COC[C@@]23CCC[C@@H]2CN(C(=O)N(C)C)C3)n1. The molecule has 23 heavy (non-hydrogen) atoms. The largest absolute Gasteiger partial charge is 0.375 e. The first-order chi connectivity index (χ1) is 11.0. The van der Waals surface area contributed by atoms with Crippen molar-refractivity contribution in [3.05, 3.63) is 29.6 Å². The second kappa shape index (κ2) is 6.48. The first-order valence-corrected chi connectivity index (χ1v) is 8.47. The van der Waals surface area contributed by atoms with E-state index in [-0.39, 0.29) is 11.4 Å². The fraction of sp³-hybridized carbons (Fsp3) is 0.667. The highest BCUT2D eigenvalue weighted by molar-refractivity contribution is 5.74. The standard InChI is InChI=1S/C18H27N3O2/c1-14-6-4-8-16(19-14)11-23-13-18-9-5-7-15(18)10-21(12-18)17(22)20(2)3/h4,6,8,15H,5,7,9-13H2,1-3H3/t15-,18+/m1/s1. The Bertz CT molecular complexity index is 575. The average molecular weight is 317 g/mol. The molecule has 1 aliphatic carbocycles. The molecular weight excluding hydrogens is 290 g/mol. The molecule has 5 nitrogen and oxygen atoms in total. The Morgan fingerprint density at radius 1 is 1.48 bits per heavy atom. The smallest absolute Gasteiger partial charge is 0.319 e. The summed E-state index contributed by atoms with van der Waals surface area (Å²) in [6, 6.07) is 6.15. The van der Waals surface area contributed by atoms with Gasteiger partial charge in [-0.15, -0.1) is 0 Å². The molecular formula is C18H27N3O2. The summed E-state index contributed by atoms with van der Waals surface area (Å²) in [4.78, 5) is 20.4. The van der Waals surface area contributed by atoms with Crippen LogP contribution in [0.25, 0.3) is 0 Å². The Hall–Kier alpha value is -1.62. The molecule has 0 N–H and O–H groups in total. The molecule has 1 saturated carbocycles. The molecule has 0 radical (unpaired) electrons.